The van der Waals surface area contributed by atoms with Crippen molar-refractivity contribution in [2.75, 3.05) is 26.3 Å². The Labute approximate surface area is 124 Å². The molecule has 0 aromatic carbocycles. The fraction of sp³-hybridized carbons (Fsp3) is 1.00. The molecule has 2 aliphatic heterocycles. The van der Waals surface area contributed by atoms with Crippen molar-refractivity contribution >= 4 is 0 Å². The van der Waals surface area contributed by atoms with Crippen LogP contribution in [0.2, 0.25) is 0 Å². The number of nitrogens with one attached hydrogen (secondary N) is 1. The molecule has 1 aliphatic carbocycles. The van der Waals surface area contributed by atoms with Crippen molar-refractivity contribution in [2.24, 2.45) is 5.92 Å². The molecular formula is C17H32N2O. The van der Waals surface area contributed by atoms with Crippen LogP contribution in [0.5, 0.6) is 0 Å². The standard InChI is InChI=1S/C17H32N2O/c1-2-10-18-15-9-12-20-13-17(15)19-11-5-7-14-6-3-4-8-16(14)19/h14-18H,2-13H2,1H3/t14-,15?,16-,17?/m1/s1. The minimum Gasteiger partial charge on any atom is -0.380 e. The van der Waals surface area contributed by atoms with Crippen LogP contribution >= 0.6 is 0 Å². The van der Waals surface area contributed by atoms with Crippen LogP contribution in [0.3, 0.4) is 0 Å². The maximum absolute atomic E-state index is 5.84. The number of hydrogen-bond acceptors (Lipinski definition) is 3. The van der Waals surface area contributed by atoms with Gasteiger partial charge in [0.15, 0.2) is 0 Å². The Hall–Kier alpha value is -0.120. The lowest BCUT2D eigenvalue weighted by Gasteiger charge is -2.50. The summed E-state index contributed by atoms with van der Waals surface area (Å²) < 4.78 is 5.84. The number of piperidine rings is 1. The molecule has 0 spiro atoms. The summed E-state index contributed by atoms with van der Waals surface area (Å²) in [6.07, 6.45) is 11.1. The van der Waals surface area contributed by atoms with Gasteiger partial charge in [-0.3, -0.25) is 4.90 Å². The zero-order valence-corrected chi connectivity index (χ0v) is 13.2. The van der Waals surface area contributed by atoms with Gasteiger partial charge in [0.2, 0.25) is 0 Å². The smallest absolute Gasteiger partial charge is 0.0637 e. The largest absolute Gasteiger partial charge is 0.380 e. The van der Waals surface area contributed by atoms with Gasteiger partial charge in [0.25, 0.3) is 0 Å². The van der Waals surface area contributed by atoms with Gasteiger partial charge >= 0.3 is 0 Å². The molecule has 3 aliphatic rings. The highest BCUT2D eigenvalue weighted by Gasteiger charge is 2.40. The average Bonchev–Trinajstić information content (AvgIpc) is 2.53. The number of hydrogen-bond donors (Lipinski definition) is 1. The maximum atomic E-state index is 5.84. The molecule has 1 saturated carbocycles. The molecule has 0 aromatic heterocycles. The Bertz CT molecular complexity index is 295. The Morgan fingerprint density at radius 3 is 2.80 bits per heavy atom. The van der Waals surface area contributed by atoms with Crippen LogP contribution in [0, 0.1) is 5.92 Å². The molecule has 0 aromatic rings. The summed E-state index contributed by atoms with van der Waals surface area (Å²) in [5.41, 5.74) is 0. The van der Waals surface area contributed by atoms with E-state index in [9.17, 15) is 0 Å². The first kappa shape index (κ1) is 14.8. The summed E-state index contributed by atoms with van der Waals surface area (Å²) in [4.78, 5) is 2.85. The van der Waals surface area contributed by atoms with Gasteiger partial charge in [0, 0.05) is 24.7 Å². The predicted octanol–water partition coefficient (Wildman–Crippen LogP) is 2.80. The molecule has 3 fully saturated rings. The molecule has 2 saturated heterocycles. The van der Waals surface area contributed by atoms with Crippen LogP contribution in [-0.4, -0.2) is 49.3 Å². The molecule has 2 unspecified atom stereocenters. The Morgan fingerprint density at radius 1 is 1.05 bits per heavy atom. The number of fused-ring (bicyclic) bond motifs is 1. The first-order valence-electron chi connectivity index (χ1n) is 8.97. The van der Waals surface area contributed by atoms with E-state index in [-0.39, 0.29) is 0 Å². The van der Waals surface area contributed by atoms with Gasteiger partial charge in [-0.05, 0) is 57.5 Å². The van der Waals surface area contributed by atoms with Crippen LogP contribution in [-0.2, 0) is 4.74 Å². The molecule has 3 heteroatoms. The summed E-state index contributed by atoms with van der Waals surface area (Å²) in [5.74, 6) is 0.978. The van der Waals surface area contributed by atoms with E-state index in [2.05, 4.69) is 17.1 Å². The van der Waals surface area contributed by atoms with Crippen molar-refractivity contribution in [3.05, 3.63) is 0 Å². The molecule has 1 N–H and O–H groups in total. The van der Waals surface area contributed by atoms with Crippen molar-refractivity contribution < 1.29 is 4.74 Å². The van der Waals surface area contributed by atoms with Crippen molar-refractivity contribution in [1.82, 2.24) is 10.2 Å². The minimum absolute atomic E-state index is 0.626. The van der Waals surface area contributed by atoms with Crippen molar-refractivity contribution in [3.63, 3.8) is 0 Å². The molecule has 0 bridgehead atoms. The first-order chi connectivity index (χ1) is 9.90. The van der Waals surface area contributed by atoms with Gasteiger partial charge in [-0.15, -0.1) is 0 Å². The van der Waals surface area contributed by atoms with E-state index in [0.717, 1.165) is 31.7 Å². The van der Waals surface area contributed by atoms with E-state index in [1.54, 1.807) is 0 Å². The highest BCUT2D eigenvalue weighted by atomic mass is 16.5. The molecule has 0 radical (unpaired) electrons. The molecule has 3 nitrogen and oxygen atoms in total. The van der Waals surface area contributed by atoms with Crippen molar-refractivity contribution in [1.29, 1.82) is 0 Å². The monoisotopic (exact) mass is 280 g/mol. The Morgan fingerprint density at radius 2 is 1.90 bits per heavy atom. The number of rotatable bonds is 4. The second-order valence-electron chi connectivity index (χ2n) is 6.98. The number of ether oxygens (including phenoxy) is 1. The van der Waals surface area contributed by atoms with E-state index in [1.807, 2.05) is 0 Å². The maximum Gasteiger partial charge on any atom is 0.0637 e. The normalized spacial score (nSPS) is 39.5. The topological polar surface area (TPSA) is 24.5 Å². The predicted molar refractivity (Wildman–Crippen MR) is 83.0 cm³/mol. The van der Waals surface area contributed by atoms with Gasteiger partial charge in [0.05, 0.1) is 6.61 Å². The fourth-order valence-corrected chi connectivity index (χ4v) is 4.69. The first-order valence-corrected chi connectivity index (χ1v) is 8.97. The highest BCUT2D eigenvalue weighted by Crippen LogP contribution is 2.37. The lowest BCUT2D eigenvalue weighted by atomic mass is 9.77. The van der Waals surface area contributed by atoms with E-state index in [1.165, 1.54) is 57.9 Å². The summed E-state index contributed by atoms with van der Waals surface area (Å²) in [5, 5.41) is 3.79. The van der Waals surface area contributed by atoms with Gasteiger partial charge in [-0.25, -0.2) is 0 Å². The SMILES string of the molecule is CCCNC1CCOCC1N1CCC[C@H]2CCCC[C@H]21. The highest BCUT2D eigenvalue weighted by molar-refractivity contribution is 4.95. The summed E-state index contributed by atoms with van der Waals surface area (Å²) in [7, 11) is 0. The van der Waals surface area contributed by atoms with Gasteiger partial charge in [-0.1, -0.05) is 19.8 Å². The van der Waals surface area contributed by atoms with Crippen LogP contribution in [0.15, 0.2) is 0 Å². The molecule has 3 rings (SSSR count). The summed E-state index contributed by atoms with van der Waals surface area (Å²) >= 11 is 0. The molecule has 20 heavy (non-hydrogen) atoms. The Kier molecular flexibility index (Phi) is 5.36. The van der Waals surface area contributed by atoms with Crippen LogP contribution in [0.1, 0.15) is 58.3 Å². The zero-order chi connectivity index (χ0) is 13.8. The van der Waals surface area contributed by atoms with Crippen LogP contribution < -0.4 is 5.32 Å². The molecule has 0 amide bonds. The lowest BCUT2D eigenvalue weighted by Crippen LogP contribution is -2.61. The van der Waals surface area contributed by atoms with E-state index in [4.69, 9.17) is 4.74 Å². The third kappa shape index (κ3) is 3.20. The molecule has 4 atom stereocenters. The quantitative estimate of drug-likeness (QED) is 0.857. The summed E-state index contributed by atoms with van der Waals surface area (Å²) in [6, 6.07) is 2.14. The van der Waals surface area contributed by atoms with Gasteiger partial charge in [-0.2, -0.15) is 0 Å². The van der Waals surface area contributed by atoms with E-state index < -0.39 is 0 Å². The van der Waals surface area contributed by atoms with Gasteiger partial charge in [0.1, 0.15) is 0 Å². The van der Waals surface area contributed by atoms with E-state index >= 15 is 0 Å². The summed E-state index contributed by atoms with van der Waals surface area (Å²) in [6.45, 7) is 6.62. The lowest BCUT2D eigenvalue weighted by molar-refractivity contribution is -0.0529. The Balaban J connectivity index is 1.67. The molecule has 116 valence electrons. The third-order valence-electron chi connectivity index (χ3n) is 5.69. The second kappa shape index (κ2) is 7.24. The average molecular weight is 280 g/mol. The van der Waals surface area contributed by atoms with E-state index in [0.29, 0.717) is 12.1 Å². The zero-order valence-electron chi connectivity index (χ0n) is 13.2. The van der Waals surface area contributed by atoms with Crippen LogP contribution in [0.25, 0.3) is 0 Å². The second-order valence-corrected chi connectivity index (χ2v) is 6.98. The third-order valence-corrected chi connectivity index (χ3v) is 5.69. The van der Waals surface area contributed by atoms with Gasteiger partial charge < -0.3 is 10.1 Å². The van der Waals surface area contributed by atoms with Crippen molar-refractivity contribution in [3.8, 4) is 0 Å². The number of nitrogens with zero attached hydrogens (tertiary/aromatic N) is 1. The minimum atomic E-state index is 0.626. The van der Waals surface area contributed by atoms with Crippen LogP contribution in [0.4, 0.5) is 0 Å². The molecular weight excluding hydrogens is 248 g/mol. The number of likely N-dealkylation sites (tertiary alicyclic amines) is 1. The van der Waals surface area contributed by atoms with Crippen molar-refractivity contribution in [2.45, 2.75) is 76.4 Å². The fourth-order valence-electron chi connectivity index (χ4n) is 4.69. The molecule has 2 heterocycles.